The van der Waals surface area contributed by atoms with Crippen LogP contribution in [-0.2, 0) is 0 Å². The highest BCUT2D eigenvalue weighted by atomic mass is 15.0. The van der Waals surface area contributed by atoms with Crippen molar-refractivity contribution < 1.29 is 0 Å². The Morgan fingerprint density at radius 3 is 1.48 bits per heavy atom. The van der Waals surface area contributed by atoms with E-state index in [1.54, 1.807) is 0 Å². The third-order valence-corrected chi connectivity index (χ3v) is 5.13. The highest BCUT2D eigenvalue weighted by molar-refractivity contribution is 6.09. The number of benzene rings is 3. The predicted octanol–water partition coefficient (Wildman–Crippen LogP) is 7.03. The molecule has 1 aromatic heterocycles. The van der Waals surface area contributed by atoms with E-state index in [0.29, 0.717) is 11.8 Å². The Bertz CT molecular complexity index is 971. The van der Waals surface area contributed by atoms with E-state index in [0.717, 1.165) is 0 Å². The van der Waals surface area contributed by atoms with Crippen LogP contribution in [0.2, 0.25) is 0 Å². The van der Waals surface area contributed by atoms with Gasteiger partial charge in [-0.3, -0.25) is 0 Å². The molecule has 0 aliphatic carbocycles. The lowest BCUT2D eigenvalue weighted by Gasteiger charge is -2.16. The fourth-order valence-corrected chi connectivity index (χ4v) is 3.66. The summed E-state index contributed by atoms with van der Waals surface area (Å²) < 4.78 is 2.42. The largest absolute Gasteiger partial charge is 0.309 e. The Kier molecular flexibility index (Phi) is 3.88. The van der Waals surface area contributed by atoms with Gasteiger partial charge in [-0.05, 0) is 47.2 Å². The molecule has 0 bridgehead atoms. The molecule has 0 unspecified atom stereocenters. The molecule has 0 aliphatic rings. The molecule has 0 atom stereocenters. The lowest BCUT2D eigenvalue weighted by Crippen LogP contribution is -2.00. The molecule has 0 amide bonds. The van der Waals surface area contributed by atoms with Gasteiger partial charge in [-0.15, -0.1) is 0 Å². The van der Waals surface area contributed by atoms with Crippen molar-refractivity contribution in [2.75, 3.05) is 0 Å². The molecule has 4 rings (SSSR count). The normalized spacial score (nSPS) is 11.9. The maximum Gasteiger partial charge on any atom is 0.0541 e. The Morgan fingerprint density at radius 1 is 0.600 bits per heavy atom. The summed E-state index contributed by atoms with van der Waals surface area (Å²) in [5.74, 6) is 1.04. The molecule has 4 aromatic rings. The molecule has 1 heteroatoms. The van der Waals surface area contributed by atoms with Gasteiger partial charge in [0.05, 0.1) is 11.0 Å². The van der Waals surface area contributed by atoms with Crippen LogP contribution in [0.1, 0.15) is 50.7 Å². The average molecular weight is 327 g/mol. The van der Waals surface area contributed by atoms with Crippen LogP contribution in [0.25, 0.3) is 27.5 Å². The van der Waals surface area contributed by atoms with E-state index in [-0.39, 0.29) is 0 Å². The van der Waals surface area contributed by atoms with Gasteiger partial charge in [0, 0.05) is 16.5 Å². The molecule has 0 aliphatic heterocycles. The van der Waals surface area contributed by atoms with E-state index < -0.39 is 0 Å². The van der Waals surface area contributed by atoms with Crippen LogP contribution < -0.4 is 0 Å². The zero-order valence-corrected chi connectivity index (χ0v) is 15.5. The van der Waals surface area contributed by atoms with Gasteiger partial charge < -0.3 is 4.57 Å². The number of aromatic nitrogens is 1. The second-order valence-electron chi connectivity index (χ2n) is 7.54. The topological polar surface area (TPSA) is 4.93 Å². The van der Waals surface area contributed by atoms with Crippen LogP contribution in [0.5, 0.6) is 0 Å². The van der Waals surface area contributed by atoms with Gasteiger partial charge in [-0.1, -0.05) is 70.2 Å². The number of nitrogens with zero attached hydrogens (tertiary/aromatic N) is 1. The number of hydrogen-bond donors (Lipinski definition) is 0. The average Bonchev–Trinajstić information content (AvgIpc) is 2.96. The highest BCUT2D eigenvalue weighted by Gasteiger charge is 2.14. The maximum absolute atomic E-state index is 2.42. The number of fused-ring (bicyclic) bond motifs is 3. The van der Waals surface area contributed by atoms with E-state index in [2.05, 4.69) is 99.0 Å². The van der Waals surface area contributed by atoms with Crippen LogP contribution in [0.15, 0.2) is 66.7 Å². The molecule has 0 spiro atoms. The molecule has 0 N–H and O–H groups in total. The van der Waals surface area contributed by atoms with Crippen LogP contribution in [0.3, 0.4) is 0 Å². The van der Waals surface area contributed by atoms with E-state index >= 15 is 0 Å². The van der Waals surface area contributed by atoms with Gasteiger partial charge in [0.2, 0.25) is 0 Å². The van der Waals surface area contributed by atoms with Crippen LogP contribution >= 0.6 is 0 Å². The smallest absolute Gasteiger partial charge is 0.0541 e. The quantitative estimate of drug-likeness (QED) is 0.380. The van der Waals surface area contributed by atoms with Crippen LogP contribution in [0, 0.1) is 0 Å². The van der Waals surface area contributed by atoms with Crippen molar-refractivity contribution in [1.82, 2.24) is 4.57 Å². The maximum atomic E-state index is 2.42. The Labute approximate surface area is 149 Å². The van der Waals surface area contributed by atoms with Crippen molar-refractivity contribution in [1.29, 1.82) is 0 Å². The fraction of sp³-hybridized carbons (Fsp3) is 0.250. The summed E-state index contributed by atoms with van der Waals surface area (Å²) in [7, 11) is 0. The summed E-state index contributed by atoms with van der Waals surface area (Å²) in [6.45, 7) is 9.09. The summed E-state index contributed by atoms with van der Waals surface area (Å²) in [5.41, 5.74) is 6.64. The number of hydrogen-bond acceptors (Lipinski definition) is 0. The molecule has 1 heterocycles. The summed E-state index contributed by atoms with van der Waals surface area (Å²) in [6, 6.07) is 24.5. The first kappa shape index (κ1) is 16.0. The first-order chi connectivity index (χ1) is 12.1. The van der Waals surface area contributed by atoms with Gasteiger partial charge in [-0.2, -0.15) is 0 Å². The molecule has 0 radical (unpaired) electrons. The van der Waals surface area contributed by atoms with E-state index in [9.17, 15) is 0 Å². The van der Waals surface area contributed by atoms with E-state index in [1.807, 2.05) is 0 Å². The van der Waals surface area contributed by atoms with Gasteiger partial charge in [0.15, 0.2) is 0 Å². The van der Waals surface area contributed by atoms with Crippen molar-refractivity contribution >= 4 is 21.8 Å². The van der Waals surface area contributed by atoms with Gasteiger partial charge in [0.25, 0.3) is 0 Å². The summed E-state index contributed by atoms with van der Waals surface area (Å²) in [5, 5.41) is 2.64. The summed E-state index contributed by atoms with van der Waals surface area (Å²) in [6.07, 6.45) is 0. The van der Waals surface area contributed by atoms with Crippen LogP contribution in [-0.4, -0.2) is 4.57 Å². The SMILES string of the molecule is CC(C)c1cc(C(C)C)cc(-n2c3ccccc3c3ccccc32)c1. The fourth-order valence-electron chi connectivity index (χ4n) is 3.66. The monoisotopic (exact) mass is 327 g/mol. The van der Waals surface area contributed by atoms with Crippen molar-refractivity contribution in [2.24, 2.45) is 0 Å². The Balaban J connectivity index is 2.10. The minimum Gasteiger partial charge on any atom is -0.309 e. The minimum absolute atomic E-state index is 0.519. The first-order valence-corrected chi connectivity index (χ1v) is 9.19. The van der Waals surface area contributed by atoms with Crippen molar-refractivity contribution in [3.8, 4) is 5.69 Å². The van der Waals surface area contributed by atoms with Crippen molar-refractivity contribution in [2.45, 2.75) is 39.5 Å². The molecule has 0 saturated heterocycles. The zero-order valence-electron chi connectivity index (χ0n) is 15.5. The Morgan fingerprint density at radius 2 is 1.04 bits per heavy atom. The molecule has 0 saturated carbocycles. The minimum atomic E-state index is 0.519. The van der Waals surface area contributed by atoms with Crippen LogP contribution in [0.4, 0.5) is 0 Å². The van der Waals surface area contributed by atoms with Crippen molar-refractivity contribution in [3.63, 3.8) is 0 Å². The van der Waals surface area contributed by atoms with Gasteiger partial charge in [0.1, 0.15) is 0 Å². The second-order valence-corrected chi connectivity index (χ2v) is 7.54. The lowest BCUT2D eigenvalue weighted by atomic mass is 9.95. The molecule has 3 aromatic carbocycles. The Hall–Kier alpha value is -2.54. The number of para-hydroxylation sites is 2. The second kappa shape index (κ2) is 6.07. The molecule has 1 nitrogen and oxygen atoms in total. The van der Waals surface area contributed by atoms with Crippen molar-refractivity contribution in [3.05, 3.63) is 77.9 Å². The standard InChI is InChI=1S/C24H25N/c1-16(2)18-13-19(17(3)4)15-20(14-18)25-23-11-7-5-9-21(23)22-10-6-8-12-24(22)25/h5-17H,1-4H3. The number of rotatable bonds is 3. The molecule has 126 valence electrons. The first-order valence-electron chi connectivity index (χ1n) is 9.19. The molecular formula is C24H25N. The van der Waals surface area contributed by atoms with Gasteiger partial charge in [-0.25, -0.2) is 0 Å². The highest BCUT2D eigenvalue weighted by Crippen LogP contribution is 2.34. The molecule has 0 fully saturated rings. The molecular weight excluding hydrogens is 302 g/mol. The summed E-state index contributed by atoms with van der Waals surface area (Å²) >= 11 is 0. The van der Waals surface area contributed by atoms with E-state index in [1.165, 1.54) is 38.6 Å². The zero-order chi connectivity index (χ0) is 17.6. The predicted molar refractivity (Wildman–Crippen MR) is 109 cm³/mol. The molecule has 25 heavy (non-hydrogen) atoms. The lowest BCUT2D eigenvalue weighted by molar-refractivity contribution is 0.830. The van der Waals surface area contributed by atoms with Gasteiger partial charge >= 0.3 is 0 Å². The van der Waals surface area contributed by atoms with E-state index in [4.69, 9.17) is 0 Å². The third kappa shape index (κ3) is 2.64. The summed E-state index contributed by atoms with van der Waals surface area (Å²) in [4.78, 5) is 0. The third-order valence-electron chi connectivity index (χ3n) is 5.13.